The van der Waals surface area contributed by atoms with Crippen molar-refractivity contribution in [3.63, 3.8) is 0 Å². The zero-order chi connectivity index (χ0) is 17.7. The Morgan fingerprint density at radius 1 is 0.833 bits per heavy atom. The highest BCUT2D eigenvalue weighted by Gasteiger charge is 2.18. The van der Waals surface area contributed by atoms with Crippen LogP contribution < -0.4 is 5.46 Å². The van der Waals surface area contributed by atoms with Crippen molar-refractivity contribution >= 4 is 24.3 Å². The average Bonchev–Trinajstić information content (AvgIpc) is 2.87. The highest BCUT2D eigenvalue weighted by atomic mass is 15.0. The average molecular weight is 318 g/mol. The summed E-state index contributed by atoms with van der Waals surface area (Å²) >= 11 is 0. The summed E-state index contributed by atoms with van der Waals surface area (Å²) in [6.07, 6.45) is 1.94. The highest BCUT2D eigenvalue weighted by Crippen LogP contribution is 2.28. The molecule has 3 aromatic rings. The fourth-order valence-electron chi connectivity index (χ4n) is 3.01. The second kappa shape index (κ2) is 5.51. The number of hydrogen-bond acceptors (Lipinski definition) is 1. The first-order chi connectivity index (χ1) is 11.1. The van der Waals surface area contributed by atoms with Crippen molar-refractivity contribution < 1.29 is 0 Å². The van der Waals surface area contributed by atoms with Crippen molar-refractivity contribution in [2.45, 2.75) is 52.4 Å². The third-order valence-corrected chi connectivity index (χ3v) is 4.62. The molecule has 1 heterocycles. The molecule has 3 heteroatoms. The topological polar surface area (TPSA) is 17.8 Å². The first kappa shape index (κ1) is 16.8. The van der Waals surface area contributed by atoms with Crippen molar-refractivity contribution in [2.24, 2.45) is 0 Å². The zero-order valence-electron chi connectivity index (χ0n) is 15.9. The summed E-state index contributed by atoms with van der Waals surface area (Å²) in [5.74, 6) is 0. The molecule has 0 aliphatic heterocycles. The lowest BCUT2D eigenvalue weighted by Crippen LogP contribution is -2.16. The van der Waals surface area contributed by atoms with Crippen LogP contribution in [0.25, 0.3) is 16.7 Å². The third-order valence-electron chi connectivity index (χ3n) is 4.62. The van der Waals surface area contributed by atoms with E-state index in [9.17, 15) is 0 Å². The maximum atomic E-state index is 4.60. The normalized spacial score (nSPS) is 12.8. The molecule has 0 atom stereocenters. The standard InChI is InChI=1S/C21H27BN2/c1-20(2,3)14-7-8-18-19(11-14)24(13-23-18)17-10-15(21(4,5)6)9-16(22)12-17/h7-13H,22H2,1-6H3. The van der Waals surface area contributed by atoms with Gasteiger partial charge in [-0.25, -0.2) is 4.98 Å². The van der Waals surface area contributed by atoms with Gasteiger partial charge in [-0.05, 0) is 46.2 Å². The predicted octanol–water partition coefficient (Wildman–Crippen LogP) is 3.88. The molecule has 0 bridgehead atoms. The quantitative estimate of drug-likeness (QED) is 0.623. The Hall–Kier alpha value is -2.03. The van der Waals surface area contributed by atoms with Crippen molar-refractivity contribution in [1.29, 1.82) is 0 Å². The molecule has 24 heavy (non-hydrogen) atoms. The van der Waals surface area contributed by atoms with Gasteiger partial charge in [-0.1, -0.05) is 59.1 Å². The first-order valence-corrected chi connectivity index (χ1v) is 8.66. The summed E-state index contributed by atoms with van der Waals surface area (Å²) in [4.78, 5) is 4.60. The van der Waals surface area contributed by atoms with Gasteiger partial charge in [0.25, 0.3) is 0 Å². The SMILES string of the molecule is Bc1cc(-n2cnc3ccc(C(C)(C)C)cc32)cc(C(C)(C)C)c1. The molecule has 2 nitrogen and oxygen atoms in total. The van der Waals surface area contributed by atoms with Crippen molar-refractivity contribution in [2.75, 3.05) is 0 Å². The summed E-state index contributed by atoms with van der Waals surface area (Å²) in [6.45, 7) is 13.5. The maximum absolute atomic E-state index is 4.60. The number of aromatic nitrogens is 2. The van der Waals surface area contributed by atoms with E-state index in [-0.39, 0.29) is 10.8 Å². The van der Waals surface area contributed by atoms with Gasteiger partial charge in [0, 0.05) is 5.69 Å². The van der Waals surface area contributed by atoms with Gasteiger partial charge in [0.15, 0.2) is 0 Å². The third kappa shape index (κ3) is 3.12. The maximum Gasteiger partial charge on any atom is 0.139 e. The van der Waals surface area contributed by atoms with Crippen LogP contribution >= 0.6 is 0 Å². The summed E-state index contributed by atoms with van der Waals surface area (Å²) in [7, 11) is 2.17. The Morgan fingerprint density at radius 2 is 1.50 bits per heavy atom. The van der Waals surface area contributed by atoms with Crippen LogP contribution in [-0.2, 0) is 10.8 Å². The summed E-state index contributed by atoms with van der Waals surface area (Å²) in [6, 6.07) is 13.4. The molecule has 0 spiro atoms. The second-order valence-corrected chi connectivity index (χ2v) is 8.88. The Morgan fingerprint density at radius 3 is 2.12 bits per heavy atom. The number of hydrogen-bond donors (Lipinski definition) is 0. The molecule has 2 aromatic carbocycles. The highest BCUT2D eigenvalue weighted by molar-refractivity contribution is 6.32. The van der Waals surface area contributed by atoms with Crippen LogP contribution in [0, 0.1) is 0 Å². The van der Waals surface area contributed by atoms with Gasteiger partial charge < -0.3 is 0 Å². The molecule has 124 valence electrons. The van der Waals surface area contributed by atoms with Crippen LogP contribution in [0.5, 0.6) is 0 Å². The molecule has 0 unspecified atom stereocenters. The largest absolute Gasteiger partial charge is 0.299 e. The Kier molecular flexibility index (Phi) is 3.86. The van der Waals surface area contributed by atoms with E-state index in [1.807, 2.05) is 6.33 Å². The van der Waals surface area contributed by atoms with Crippen LogP contribution in [-0.4, -0.2) is 17.4 Å². The molecule has 0 aliphatic rings. The molecule has 1 aromatic heterocycles. The van der Waals surface area contributed by atoms with Gasteiger partial charge in [-0.15, -0.1) is 0 Å². The van der Waals surface area contributed by atoms with Crippen molar-refractivity contribution in [3.8, 4) is 5.69 Å². The molecule has 0 saturated carbocycles. The van der Waals surface area contributed by atoms with E-state index in [2.05, 4.69) is 95.3 Å². The van der Waals surface area contributed by atoms with Crippen LogP contribution in [0.3, 0.4) is 0 Å². The molecule has 0 amide bonds. The monoisotopic (exact) mass is 318 g/mol. The Labute approximate surface area is 146 Å². The van der Waals surface area contributed by atoms with Gasteiger partial charge in [0.1, 0.15) is 14.2 Å². The van der Waals surface area contributed by atoms with Gasteiger partial charge in [-0.3, -0.25) is 4.57 Å². The van der Waals surface area contributed by atoms with Crippen LogP contribution in [0.1, 0.15) is 52.7 Å². The van der Waals surface area contributed by atoms with Gasteiger partial charge in [-0.2, -0.15) is 0 Å². The summed E-state index contributed by atoms with van der Waals surface area (Å²) < 4.78 is 2.22. The van der Waals surface area contributed by atoms with Crippen LogP contribution in [0.4, 0.5) is 0 Å². The number of benzene rings is 2. The zero-order valence-corrected chi connectivity index (χ0v) is 15.9. The lowest BCUT2D eigenvalue weighted by atomic mass is 9.82. The summed E-state index contributed by atoms with van der Waals surface area (Å²) in [5.41, 5.74) is 7.64. The minimum atomic E-state index is 0.131. The smallest absolute Gasteiger partial charge is 0.139 e. The Bertz CT molecular complexity index is 892. The van der Waals surface area contributed by atoms with E-state index < -0.39 is 0 Å². The van der Waals surface area contributed by atoms with Crippen LogP contribution in [0.15, 0.2) is 42.7 Å². The van der Waals surface area contributed by atoms with Crippen molar-refractivity contribution in [3.05, 3.63) is 53.9 Å². The fourth-order valence-corrected chi connectivity index (χ4v) is 3.01. The molecule has 0 aliphatic carbocycles. The van der Waals surface area contributed by atoms with E-state index >= 15 is 0 Å². The van der Waals surface area contributed by atoms with E-state index in [1.165, 1.54) is 27.8 Å². The minimum absolute atomic E-state index is 0.131. The molecule has 3 rings (SSSR count). The molecular formula is C21H27BN2. The predicted molar refractivity (Wildman–Crippen MR) is 107 cm³/mol. The second-order valence-electron chi connectivity index (χ2n) is 8.88. The van der Waals surface area contributed by atoms with E-state index in [1.54, 1.807) is 0 Å². The molecule has 0 saturated heterocycles. The van der Waals surface area contributed by atoms with E-state index in [0.29, 0.717) is 0 Å². The lowest BCUT2D eigenvalue weighted by molar-refractivity contribution is 0.590. The molecule has 0 radical (unpaired) electrons. The fraction of sp³-hybridized carbons (Fsp3) is 0.381. The van der Waals surface area contributed by atoms with Gasteiger partial charge >= 0.3 is 0 Å². The van der Waals surface area contributed by atoms with E-state index in [0.717, 1.165) is 5.52 Å². The first-order valence-electron chi connectivity index (χ1n) is 8.66. The lowest BCUT2D eigenvalue weighted by Gasteiger charge is -2.22. The number of imidazole rings is 1. The minimum Gasteiger partial charge on any atom is -0.299 e. The Balaban J connectivity index is 2.21. The molecule has 0 N–H and O–H groups in total. The van der Waals surface area contributed by atoms with E-state index in [4.69, 9.17) is 0 Å². The number of nitrogens with zero attached hydrogens (tertiary/aromatic N) is 2. The van der Waals surface area contributed by atoms with Gasteiger partial charge in [0.05, 0.1) is 11.0 Å². The summed E-state index contributed by atoms with van der Waals surface area (Å²) in [5, 5.41) is 0. The molecule has 0 fully saturated rings. The molecular weight excluding hydrogens is 291 g/mol. The number of fused-ring (bicyclic) bond motifs is 1. The van der Waals surface area contributed by atoms with Crippen molar-refractivity contribution in [1.82, 2.24) is 9.55 Å². The van der Waals surface area contributed by atoms with Gasteiger partial charge in [0.2, 0.25) is 0 Å². The number of rotatable bonds is 1. The van der Waals surface area contributed by atoms with Crippen LogP contribution in [0.2, 0.25) is 0 Å².